The van der Waals surface area contributed by atoms with Crippen molar-refractivity contribution in [3.63, 3.8) is 0 Å². The maximum absolute atomic E-state index is 13.6. The van der Waals surface area contributed by atoms with Crippen molar-refractivity contribution in [1.29, 1.82) is 0 Å². The highest BCUT2D eigenvalue weighted by Crippen LogP contribution is 2.54. The molecule has 0 heterocycles. The van der Waals surface area contributed by atoms with E-state index < -0.39 is 48.3 Å². The summed E-state index contributed by atoms with van der Waals surface area (Å²) >= 11 is 1.46. The smallest absolute Gasteiger partial charge is 0.407 e. The molecule has 3 N–H and O–H groups in total. The molecule has 2 aliphatic rings. The van der Waals surface area contributed by atoms with Gasteiger partial charge < -0.3 is 20.5 Å². The lowest BCUT2D eigenvalue weighted by atomic mass is 9.98. The van der Waals surface area contributed by atoms with Crippen molar-refractivity contribution in [1.82, 2.24) is 10.6 Å². The number of alkyl halides is 2. The Morgan fingerprint density at radius 3 is 2.23 bits per heavy atom. The Kier molecular flexibility index (Phi) is 7.30. The van der Waals surface area contributed by atoms with Gasteiger partial charge in [-0.05, 0) is 40.7 Å². The predicted molar refractivity (Wildman–Crippen MR) is 128 cm³/mol. The molecule has 2 amide bonds. The van der Waals surface area contributed by atoms with Crippen LogP contribution in [0.4, 0.5) is 13.6 Å². The minimum atomic E-state index is -3.35. The molecule has 2 aromatic carbocycles. The van der Waals surface area contributed by atoms with E-state index in [4.69, 9.17) is 9.84 Å². The van der Waals surface area contributed by atoms with Crippen LogP contribution in [0.2, 0.25) is 0 Å². The van der Waals surface area contributed by atoms with Gasteiger partial charge in [0.1, 0.15) is 18.6 Å². The number of alkyl carbamates (subject to hydrolysis) is 1. The fourth-order valence-corrected chi connectivity index (χ4v) is 5.07. The first kappa shape index (κ1) is 25.0. The van der Waals surface area contributed by atoms with E-state index >= 15 is 0 Å². The third kappa shape index (κ3) is 5.12. The zero-order valence-electron chi connectivity index (χ0n) is 19.0. The van der Waals surface area contributed by atoms with Gasteiger partial charge in [-0.2, -0.15) is 11.8 Å². The van der Waals surface area contributed by atoms with Crippen LogP contribution in [0.25, 0.3) is 11.1 Å². The number of ether oxygens (including phenoxy) is 1. The second-order valence-electron chi connectivity index (χ2n) is 8.65. The van der Waals surface area contributed by atoms with Gasteiger partial charge in [0.05, 0.1) is 5.92 Å². The van der Waals surface area contributed by atoms with E-state index in [1.807, 2.05) is 54.8 Å². The molecule has 0 saturated heterocycles. The molecule has 4 rings (SSSR count). The Hall–Kier alpha value is -3.14. The highest BCUT2D eigenvalue weighted by molar-refractivity contribution is 7.98. The lowest BCUT2D eigenvalue weighted by Gasteiger charge is -2.19. The van der Waals surface area contributed by atoms with Gasteiger partial charge in [0.15, 0.2) is 0 Å². The van der Waals surface area contributed by atoms with Crippen molar-refractivity contribution in [2.75, 3.05) is 25.2 Å². The van der Waals surface area contributed by atoms with Crippen LogP contribution in [0.15, 0.2) is 48.5 Å². The molecule has 0 aromatic heterocycles. The maximum atomic E-state index is 13.6. The molecule has 0 spiro atoms. The van der Waals surface area contributed by atoms with Gasteiger partial charge >= 0.3 is 12.1 Å². The molecule has 3 atom stereocenters. The van der Waals surface area contributed by atoms with Crippen LogP contribution < -0.4 is 10.6 Å². The van der Waals surface area contributed by atoms with Crippen LogP contribution in [0, 0.1) is 11.8 Å². The molecule has 2 aromatic rings. The minimum absolute atomic E-state index is 0.0747. The molecule has 1 fully saturated rings. The first-order valence-corrected chi connectivity index (χ1v) is 12.6. The monoisotopic (exact) mass is 504 g/mol. The molecule has 2 unspecified atom stereocenters. The van der Waals surface area contributed by atoms with E-state index in [-0.39, 0.29) is 18.9 Å². The predicted octanol–water partition coefficient (Wildman–Crippen LogP) is 3.73. The molecule has 0 bridgehead atoms. The zero-order chi connectivity index (χ0) is 25.2. The quantitative estimate of drug-likeness (QED) is 0.456. The first-order chi connectivity index (χ1) is 16.8. The number of rotatable bonds is 10. The molecule has 7 nitrogen and oxygen atoms in total. The molecule has 186 valence electrons. The fourth-order valence-electron chi connectivity index (χ4n) is 4.60. The molecule has 2 aliphatic carbocycles. The van der Waals surface area contributed by atoms with E-state index in [1.54, 1.807) is 0 Å². The largest absolute Gasteiger partial charge is 0.481 e. The topological polar surface area (TPSA) is 105 Å². The normalized spacial score (nSPS) is 20.3. The maximum Gasteiger partial charge on any atom is 0.407 e. The summed E-state index contributed by atoms with van der Waals surface area (Å²) in [5, 5.41) is 13.8. The third-order valence-electron chi connectivity index (χ3n) is 6.53. The highest BCUT2D eigenvalue weighted by atomic mass is 32.2. The number of carboxylic acid groups (broad SMARTS) is 1. The third-order valence-corrected chi connectivity index (χ3v) is 7.17. The fraction of sp³-hybridized carbons (Fsp3) is 0.400. The lowest BCUT2D eigenvalue weighted by molar-refractivity contribution is -0.141. The SMILES string of the molecule is CSCC[C@@H](NC(=O)OCC1c2ccccc2-c2ccccc21)C(=O)NCC1C(C(=O)O)C1(F)F. The summed E-state index contributed by atoms with van der Waals surface area (Å²) in [5.41, 5.74) is 4.28. The van der Waals surface area contributed by atoms with E-state index in [2.05, 4.69) is 10.6 Å². The number of amides is 2. The average Bonchev–Trinajstić information content (AvgIpc) is 3.25. The second kappa shape index (κ2) is 10.2. The van der Waals surface area contributed by atoms with Crippen molar-refractivity contribution in [2.24, 2.45) is 11.8 Å². The van der Waals surface area contributed by atoms with Gasteiger partial charge in [0.2, 0.25) is 5.91 Å². The van der Waals surface area contributed by atoms with Crippen molar-refractivity contribution >= 4 is 29.7 Å². The van der Waals surface area contributed by atoms with Crippen LogP contribution in [0.3, 0.4) is 0 Å². The average molecular weight is 505 g/mol. The Labute approximate surface area is 205 Å². The summed E-state index contributed by atoms with van der Waals surface area (Å²) in [6.07, 6.45) is 1.32. The highest BCUT2D eigenvalue weighted by Gasteiger charge is 2.72. The van der Waals surface area contributed by atoms with E-state index in [0.717, 1.165) is 22.3 Å². The number of benzene rings is 2. The second-order valence-corrected chi connectivity index (χ2v) is 9.63. The van der Waals surface area contributed by atoms with Gasteiger partial charge in [-0.1, -0.05) is 48.5 Å². The van der Waals surface area contributed by atoms with Gasteiger partial charge in [0.25, 0.3) is 5.92 Å². The number of carbonyl (C=O) groups excluding carboxylic acids is 2. The number of hydrogen-bond donors (Lipinski definition) is 3. The number of aliphatic carboxylic acids is 1. The van der Waals surface area contributed by atoms with E-state index in [1.165, 1.54) is 11.8 Å². The number of carbonyl (C=O) groups is 3. The number of nitrogens with one attached hydrogen (secondary N) is 2. The number of halogens is 2. The number of fused-ring (bicyclic) bond motifs is 3. The van der Waals surface area contributed by atoms with Gasteiger partial charge in [-0.25, -0.2) is 13.6 Å². The van der Waals surface area contributed by atoms with Crippen LogP contribution >= 0.6 is 11.8 Å². The van der Waals surface area contributed by atoms with Gasteiger partial charge in [-0.3, -0.25) is 9.59 Å². The molecule has 0 aliphatic heterocycles. The molecule has 1 saturated carbocycles. The van der Waals surface area contributed by atoms with Crippen LogP contribution in [0.1, 0.15) is 23.5 Å². The Morgan fingerprint density at radius 2 is 1.69 bits per heavy atom. The summed E-state index contributed by atoms with van der Waals surface area (Å²) in [7, 11) is 0. The Bertz CT molecular complexity index is 1080. The van der Waals surface area contributed by atoms with Crippen LogP contribution in [0.5, 0.6) is 0 Å². The zero-order valence-corrected chi connectivity index (χ0v) is 19.8. The van der Waals surface area contributed by atoms with E-state index in [9.17, 15) is 23.2 Å². The van der Waals surface area contributed by atoms with Crippen LogP contribution in [-0.2, 0) is 14.3 Å². The van der Waals surface area contributed by atoms with Gasteiger partial charge in [0, 0.05) is 12.5 Å². The summed E-state index contributed by atoms with van der Waals surface area (Å²) < 4.78 is 32.7. The molecular formula is C25H26F2N2O5S. The first-order valence-electron chi connectivity index (χ1n) is 11.2. The Morgan fingerprint density at radius 1 is 1.09 bits per heavy atom. The standard InChI is InChI=1S/C25H26F2N2O5S/c1-35-11-10-20(22(30)28-12-19-21(23(31)32)25(19,26)27)29-24(33)34-13-18-16-8-4-2-6-14(16)15-7-3-5-9-17(15)18/h2-9,18-21H,10-13H2,1H3,(H,28,30)(H,29,33)(H,31,32)/t19?,20-,21?/m1/s1. The van der Waals surface area contributed by atoms with Crippen molar-refractivity contribution in [2.45, 2.75) is 24.3 Å². The minimum Gasteiger partial charge on any atom is -0.481 e. The summed E-state index contributed by atoms with van der Waals surface area (Å²) in [6, 6.07) is 14.8. The summed E-state index contributed by atoms with van der Waals surface area (Å²) in [6.45, 7) is -0.406. The summed E-state index contributed by atoms with van der Waals surface area (Å²) in [5.74, 6) is -8.46. The number of hydrogen-bond acceptors (Lipinski definition) is 5. The van der Waals surface area contributed by atoms with E-state index in [0.29, 0.717) is 5.75 Å². The Balaban J connectivity index is 1.35. The van der Waals surface area contributed by atoms with Crippen molar-refractivity contribution < 1.29 is 33.0 Å². The van der Waals surface area contributed by atoms with Gasteiger partial charge in [-0.15, -0.1) is 0 Å². The number of thioether (sulfide) groups is 1. The molecular weight excluding hydrogens is 478 g/mol. The van der Waals surface area contributed by atoms with Crippen LogP contribution in [-0.4, -0.2) is 60.2 Å². The lowest BCUT2D eigenvalue weighted by Crippen LogP contribution is -2.48. The van der Waals surface area contributed by atoms with Crippen molar-refractivity contribution in [3.05, 3.63) is 59.7 Å². The molecule has 0 radical (unpaired) electrons. The summed E-state index contributed by atoms with van der Waals surface area (Å²) in [4.78, 5) is 36.1. The number of carboxylic acids is 1. The van der Waals surface area contributed by atoms with Crippen molar-refractivity contribution in [3.8, 4) is 11.1 Å². The molecule has 10 heteroatoms. The molecule has 35 heavy (non-hydrogen) atoms.